The number of piperidine rings is 1. The van der Waals surface area contributed by atoms with E-state index in [1.807, 2.05) is 74.6 Å². The van der Waals surface area contributed by atoms with Crippen LogP contribution < -0.4 is 10.2 Å². The first-order chi connectivity index (χ1) is 16.9. The van der Waals surface area contributed by atoms with Gasteiger partial charge in [0.05, 0.1) is 0 Å². The Balaban J connectivity index is 1.29. The molecule has 35 heavy (non-hydrogen) atoms. The van der Waals surface area contributed by atoms with Gasteiger partial charge in [-0.1, -0.05) is 29.8 Å². The van der Waals surface area contributed by atoms with E-state index in [0.717, 1.165) is 48.1 Å². The first kappa shape index (κ1) is 23.4. The molecule has 0 bridgehead atoms. The van der Waals surface area contributed by atoms with E-state index in [2.05, 4.69) is 22.2 Å². The topological polar surface area (TPSA) is 61.6 Å². The van der Waals surface area contributed by atoms with Crippen LogP contribution in [0.3, 0.4) is 0 Å². The lowest BCUT2D eigenvalue weighted by Gasteiger charge is -2.34. The van der Waals surface area contributed by atoms with Crippen molar-refractivity contribution in [3.8, 4) is 11.1 Å². The number of hydrogen-bond donors (Lipinski definition) is 1. The van der Waals surface area contributed by atoms with Crippen molar-refractivity contribution in [2.24, 2.45) is 0 Å². The number of amides is 1. The molecular formula is C28H29ClN4O2. The predicted octanol–water partition coefficient (Wildman–Crippen LogP) is 6.24. The zero-order valence-corrected chi connectivity index (χ0v) is 21.0. The smallest absolute Gasteiger partial charge is 0.298 e. The fraction of sp³-hybridized carbons (Fsp3) is 0.286. The summed E-state index contributed by atoms with van der Waals surface area (Å²) in [4.78, 5) is 22.0. The van der Waals surface area contributed by atoms with Gasteiger partial charge in [0.15, 0.2) is 5.58 Å². The molecule has 0 unspecified atom stereocenters. The number of likely N-dealkylation sites (tertiary alicyclic amines) is 1. The van der Waals surface area contributed by atoms with E-state index in [1.165, 1.54) is 0 Å². The Kier molecular flexibility index (Phi) is 6.50. The molecule has 180 valence electrons. The lowest BCUT2D eigenvalue weighted by atomic mass is 9.99. The molecule has 2 heterocycles. The molecule has 1 aromatic heterocycles. The molecule has 1 aliphatic rings. The van der Waals surface area contributed by atoms with Crippen LogP contribution in [-0.4, -0.2) is 49.0 Å². The number of benzene rings is 3. The minimum absolute atomic E-state index is 0.170. The number of hydrogen-bond acceptors (Lipinski definition) is 5. The van der Waals surface area contributed by atoms with Crippen LogP contribution in [0.4, 0.5) is 11.7 Å². The number of rotatable bonds is 5. The molecule has 4 aromatic rings. The average molecular weight is 489 g/mol. The van der Waals surface area contributed by atoms with E-state index >= 15 is 0 Å². The predicted molar refractivity (Wildman–Crippen MR) is 143 cm³/mol. The second-order valence-corrected chi connectivity index (χ2v) is 9.75. The molecule has 6 nitrogen and oxygen atoms in total. The Morgan fingerprint density at radius 1 is 1.09 bits per heavy atom. The van der Waals surface area contributed by atoms with Crippen LogP contribution in [0.5, 0.6) is 0 Å². The highest BCUT2D eigenvalue weighted by Gasteiger charge is 2.24. The van der Waals surface area contributed by atoms with E-state index in [1.54, 1.807) is 0 Å². The van der Waals surface area contributed by atoms with Crippen molar-refractivity contribution in [2.75, 3.05) is 37.4 Å². The van der Waals surface area contributed by atoms with Gasteiger partial charge in [-0.3, -0.25) is 4.79 Å². The summed E-state index contributed by atoms with van der Waals surface area (Å²) in [5.74, 6) is -0.170. The number of aromatic nitrogens is 1. The molecule has 7 heteroatoms. The largest absolute Gasteiger partial charge is 0.423 e. The lowest BCUT2D eigenvalue weighted by molar-refractivity contribution is 0.102. The van der Waals surface area contributed by atoms with Crippen LogP contribution >= 0.6 is 11.6 Å². The van der Waals surface area contributed by atoms with Gasteiger partial charge in [0, 0.05) is 29.4 Å². The number of aryl methyl sites for hydroxylation is 1. The third kappa shape index (κ3) is 5.04. The van der Waals surface area contributed by atoms with Crippen LogP contribution in [0.15, 0.2) is 65.1 Å². The van der Waals surface area contributed by atoms with Gasteiger partial charge in [-0.25, -0.2) is 0 Å². The fourth-order valence-corrected chi connectivity index (χ4v) is 4.86. The molecule has 0 spiro atoms. The Morgan fingerprint density at radius 3 is 2.54 bits per heavy atom. The molecule has 1 aliphatic heterocycles. The van der Waals surface area contributed by atoms with Crippen LogP contribution in [0.2, 0.25) is 5.02 Å². The fourth-order valence-electron chi connectivity index (χ4n) is 4.64. The standard InChI is InChI=1S/C28H29ClN4O2/c1-18-16-21(29)8-10-24(18)19-4-6-20(7-5-19)27(34)30-22-9-11-26-25(17-22)31-28(35-26)33(3)23-12-14-32(2)15-13-23/h4-11,16-17,23H,12-15H2,1-3H3,(H,30,34). The Hall–Kier alpha value is -3.35. The van der Waals surface area contributed by atoms with Gasteiger partial charge >= 0.3 is 0 Å². The second-order valence-electron chi connectivity index (χ2n) is 9.32. The van der Waals surface area contributed by atoms with E-state index in [9.17, 15) is 4.79 Å². The monoisotopic (exact) mass is 488 g/mol. The third-order valence-electron chi connectivity index (χ3n) is 6.82. The van der Waals surface area contributed by atoms with E-state index < -0.39 is 0 Å². The maximum Gasteiger partial charge on any atom is 0.298 e. The number of carbonyl (C=O) groups excluding carboxylic acids is 1. The van der Waals surface area contributed by atoms with Gasteiger partial charge in [-0.15, -0.1) is 0 Å². The van der Waals surface area contributed by atoms with Gasteiger partial charge in [0.1, 0.15) is 5.52 Å². The SMILES string of the molecule is Cc1cc(Cl)ccc1-c1ccc(C(=O)Nc2ccc3oc(N(C)C4CCN(C)CC4)nc3c2)cc1. The summed E-state index contributed by atoms with van der Waals surface area (Å²) >= 11 is 6.07. The molecule has 0 saturated carbocycles. The highest BCUT2D eigenvalue weighted by molar-refractivity contribution is 6.30. The first-order valence-corrected chi connectivity index (χ1v) is 12.2. The van der Waals surface area contributed by atoms with Gasteiger partial charge in [0.25, 0.3) is 11.9 Å². The van der Waals surface area contributed by atoms with Crippen molar-refractivity contribution < 1.29 is 9.21 Å². The molecule has 3 aromatic carbocycles. The summed E-state index contributed by atoms with van der Waals surface area (Å²) < 4.78 is 6.01. The van der Waals surface area contributed by atoms with Crippen molar-refractivity contribution in [1.29, 1.82) is 0 Å². The van der Waals surface area contributed by atoms with Crippen LogP contribution in [0.25, 0.3) is 22.2 Å². The molecule has 0 radical (unpaired) electrons. The number of nitrogens with one attached hydrogen (secondary N) is 1. The zero-order chi connectivity index (χ0) is 24.5. The highest BCUT2D eigenvalue weighted by atomic mass is 35.5. The molecule has 5 rings (SSSR count). The van der Waals surface area contributed by atoms with Crippen LogP contribution in [0, 0.1) is 6.92 Å². The van der Waals surface area contributed by atoms with Gasteiger partial charge < -0.3 is 19.5 Å². The number of halogens is 1. The van der Waals surface area contributed by atoms with Crippen molar-refractivity contribution in [2.45, 2.75) is 25.8 Å². The van der Waals surface area contributed by atoms with Crippen molar-refractivity contribution >= 4 is 40.3 Å². The minimum Gasteiger partial charge on any atom is -0.423 e. The third-order valence-corrected chi connectivity index (χ3v) is 7.05. The number of nitrogens with zero attached hydrogens (tertiary/aromatic N) is 3. The van der Waals surface area contributed by atoms with Gasteiger partial charge in [-0.2, -0.15) is 4.98 Å². The molecule has 0 aliphatic carbocycles. The first-order valence-electron chi connectivity index (χ1n) is 11.9. The maximum absolute atomic E-state index is 12.9. The van der Waals surface area contributed by atoms with Crippen molar-refractivity contribution in [3.63, 3.8) is 0 Å². The summed E-state index contributed by atoms with van der Waals surface area (Å²) in [6.07, 6.45) is 2.17. The highest BCUT2D eigenvalue weighted by Crippen LogP contribution is 2.28. The summed E-state index contributed by atoms with van der Waals surface area (Å²) in [5.41, 5.74) is 5.94. The van der Waals surface area contributed by atoms with Crippen LogP contribution in [0.1, 0.15) is 28.8 Å². The number of oxazole rings is 1. The number of fused-ring (bicyclic) bond motifs is 1. The second kappa shape index (κ2) is 9.72. The molecule has 1 fully saturated rings. The summed E-state index contributed by atoms with van der Waals surface area (Å²) in [5, 5.41) is 3.69. The zero-order valence-electron chi connectivity index (χ0n) is 20.2. The Bertz CT molecular complexity index is 1360. The number of carbonyl (C=O) groups is 1. The van der Waals surface area contributed by atoms with E-state index in [-0.39, 0.29) is 5.91 Å². The summed E-state index contributed by atoms with van der Waals surface area (Å²) in [6.45, 7) is 4.18. The average Bonchev–Trinajstić information content (AvgIpc) is 3.28. The summed E-state index contributed by atoms with van der Waals surface area (Å²) in [6, 6.07) is 20.0. The molecule has 1 saturated heterocycles. The Morgan fingerprint density at radius 2 is 1.83 bits per heavy atom. The molecular weight excluding hydrogens is 460 g/mol. The Labute approximate surface area is 210 Å². The minimum atomic E-state index is -0.170. The normalized spacial score (nSPS) is 14.9. The van der Waals surface area contributed by atoms with Crippen LogP contribution in [-0.2, 0) is 0 Å². The maximum atomic E-state index is 12.9. The molecule has 1 amide bonds. The quantitative estimate of drug-likeness (QED) is 0.360. The van der Waals surface area contributed by atoms with Crippen molar-refractivity contribution in [3.05, 3.63) is 76.8 Å². The molecule has 0 atom stereocenters. The lowest BCUT2D eigenvalue weighted by Crippen LogP contribution is -2.42. The molecule has 1 N–H and O–H groups in total. The van der Waals surface area contributed by atoms with Gasteiger partial charge in [-0.05, 0) is 99.1 Å². The van der Waals surface area contributed by atoms with Crippen molar-refractivity contribution in [1.82, 2.24) is 9.88 Å². The summed E-state index contributed by atoms with van der Waals surface area (Å²) in [7, 11) is 4.19. The van der Waals surface area contributed by atoms with E-state index in [0.29, 0.717) is 33.9 Å². The van der Waals surface area contributed by atoms with Gasteiger partial charge in [0.2, 0.25) is 0 Å². The van der Waals surface area contributed by atoms with E-state index in [4.69, 9.17) is 21.0 Å². The number of anilines is 2.